The van der Waals surface area contributed by atoms with Gasteiger partial charge in [0, 0.05) is 6.20 Å². The molecule has 1 rings (SSSR count). The number of rotatable bonds is 1. The van der Waals surface area contributed by atoms with E-state index in [1.54, 1.807) is 0 Å². The normalized spacial score (nSPS) is 11.5. The third-order valence-electron chi connectivity index (χ3n) is 1.27. The first kappa shape index (κ1) is 7.98. The fraction of sp³-hybridized carbons (Fsp3) is 0.375. The van der Waals surface area contributed by atoms with Gasteiger partial charge >= 0.3 is 0 Å². The van der Waals surface area contributed by atoms with E-state index in [1.165, 1.54) is 0 Å². The van der Waals surface area contributed by atoms with Crippen molar-refractivity contribution in [1.29, 1.82) is 0 Å². The van der Waals surface area contributed by atoms with E-state index < -0.39 is 0 Å². The first-order valence-corrected chi connectivity index (χ1v) is 4.29. The maximum Gasteiger partial charge on any atom is 0.0586 e. The smallest absolute Gasteiger partial charge is 0.0586 e. The van der Waals surface area contributed by atoms with E-state index in [9.17, 15) is 0 Å². The molecule has 1 aromatic heterocycles. The van der Waals surface area contributed by atoms with Crippen LogP contribution in [0.2, 0.25) is 0 Å². The molecular weight excluding hydrogens is 237 g/mol. The molecule has 1 heterocycles. The van der Waals surface area contributed by atoms with Crippen LogP contribution in [-0.2, 0) is 3.42 Å². The fourth-order valence-electron chi connectivity index (χ4n) is 0.714. The van der Waals surface area contributed by atoms with Crippen LogP contribution in [0.25, 0.3) is 0 Å². The minimum atomic E-state index is 0.152. The van der Waals surface area contributed by atoms with Crippen molar-refractivity contribution in [3.05, 3.63) is 30.1 Å². The molecule has 0 saturated heterocycles. The van der Waals surface area contributed by atoms with E-state index in [2.05, 4.69) is 41.4 Å². The Morgan fingerprint density at radius 2 is 2.10 bits per heavy atom. The van der Waals surface area contributed by atoms with Crippen molar-refractivity contribution >= 4 is 22.6 Å². The van der Waals surface area contributed by atoms with Gasteiger partial charge in [0.15, 0.2) is 0 Å². The maximum absolute atomic E-state index is 4.24. The Balaban J connectivity index is 2.97. The van der Waals surface area contributed by atoms with Gasteiger partial charge in [-0.15, -0.1) is 0 Å². The summed E-state index contributed by atoms with van der Waals surface area (Å²) in [4.78, 5) is 4.24. The van der Waals surface area contributed by atoms with Crippen LogP contribution in [-0.4, -0.2) is 4.98 Å². The molecule has 0 aliphatic heterocycles. The Bertz CT molecular complexity index is 200. The predicted molar refractivity (Wildman–Crippen MR) is 51.3 cm³/mol. The first-order chi connectivity index (χ1) is 4.61. The summed E-state index contributed by atoms with van der Waals surface area (Å²) < 4.78 is 0.152. The van der Waals surface area contributed by atoms with Crippen LogP contribution in [0.15, 0.2) is 24.4 Å². The average molecular weight is 247 g/mol. The van der Waals surface area contributed by atoms with Crippen LogP contribution in [0.4, 0.5) is 0 Å². The molecule has 1 nitrogen and oxygen atoms in total. The highest BCUT2D eigenvalue weighted by molar-refractivity contribution is 14.1. The highest BCUT2D eigenvalue weighted by atomic mass is 127. The lowest BCUT2D eigenvalue weighted by Gasteiger charge is -2.14. The third-order valence-corrected chi connectivity index (χ3v) is 1.83. The molecule has 0 radical (unpaired) electrons. The molecule has 0 fully saturated rings. The summed E-state index contributed by atoms with van der Waals surface area (Å²) in [6.07, 6.45) is 1.83. The van der Waals surface area contributed by atoms with Crippen LogP contribution in [0, 0.1) is 0 Å². The molecule has 1 aromatic rings. The highest BCUT2D eigenvalue weighted by Crippen LogP contribution is 2.27. The topological polar surface area (TPSA) is 12.9 Å². The van der Waals surface area contributed by atoms with Crippen molar-refractivity contribution in [2.75, 3.05) is 0 Å². The minimum absolute atomic E-state index is 0.152. The molecule has 10 heavy (non-hydrogen) atoms. The largest absolute Gasteiger partial charge is 0.260 e. The van der Waals surface area contributed by atoms with Gasteiger partial charge in [-0.3, -0.25) is 4.98 Å². The zero-order chi connectivity index (χ0) is 7.61. The molecular formula is C8H10IN. The zero-order valence-electron chi connectivity index (χ0n) is 6.13. The Morgan fingerprint density at radius 3 is 2.40 bits per heavy atom. The third kappa shape index (κ3) is 1.94. The molecule has 0 aliphatic carbocycles. The number of alkyl halides is 1. The van der Waals surface area contributed by atoms with Crippen molar-refractivity contribution in [2.45, 2.75) is 17.3 Å². The van der Waals surface area contributed by atoms with Crippen molar-refractivity contribution in [1.82, 2.24) is 4.98 Å². The second kappa shape index (κ2) is 2.86. The number of hydrogen-bond donors (Lipinski definition) is 0. The molecule has 0 unspecified atom stereocenters. The van der Waals surface area contributed by atoms with Crippen molar-refractivity contribution in [2.24, 2.45) is 0 Å². The summed E-state index contributed by atoms with van der Waals surface area (Å²) in [5, 5.41) is 0. The van der Waals surface area contributed by atoms with Gasteiger partial charge in [0.2, 0.25) is 0 Å². The minimum Gasteiger partial charge on any atom is -0.260 e. The summed E-state index contributed by atoms with van der Waals surface area (Å²) in [6, 6.07) is 6.00. The lowest BCUT2D eigenvalue weighted by molar-refractivity contribution is 0.787. The Labute approximate surface area is 75.0 Å². The molecule has 0 amide bonds. The lowest BCUT2D eigenvalue weighted by Crippen LogP contribution is -2.07. The molecule has 54 valence electrons. The van der Waals surface area contributed by atoms with Crippen LogP contribution < -0.4 is 0 Å². The monoisotopic (exact) mass is 247 g/mol. The van der Waals surface area contributed by atoms with Crippen molar-refractivity contribution in [3.63, 3.8) is 0 Å². The van der Waals surface area contributed by atoms with E-state index >= 15 is 0 Å². The van der Waals surface area contributed by atoms with Crippen LogP contribution in [0.5, 0.6) is 0 Å². The van der Waals surface area contributed by atoms with Crippen LogP contribution in [0.1, 0.15) is 19.5 Å². The zero-order valence-corrected chi connectivity index (χ0v) is 8.29. The lowest BCUT2D eigenvalue weighted by atomic mass is 10.1. The molecule has 0 aromatic carbocycles. The maximum atomic E-state index is 4.24. The van der Waals surface area contributed by atoms with Gasteiger partial charge in [-0.05, 0) is 26.0 Å². The van der Waals surface area contributed by atoms with Crippen molar-refractivity contribution < 1.29 is 0 Å². The number of hydrogen-bond acceptors (Lipinski definition) is 1. The molecule has 2 heteroatoms. The Kier molecular flexibility index (Phi) is 2.28. The summed E-state index contributed by atoms with van der Waals surface area (Å²) in [6.45, 7) is 4.30. The Hall–Kier alpha value is -0.120. The van der Waals surface area contributed by atoms with Gasteiger partial charge in [-0.1, -0.05) is 28.7 Å². The van der Waals surface area contributed by atoms with Crippen LogP contribution in [0.3, 0.4) is 0 Å². The molecule has 0 spiro atoms. The van der Waals surface area contributed by atoms with Gasteiger partial charge in [0.25, 0.3) is 0 Å². The Morgan fingerprint density at radius 1 is 1.40 bits per heavy atom. The van der Waals surface area contributed by atoms with Crippen LogP contribution >= 0.6 is 22.6 Å². The predicted octanol–water partition coefficient (Wildman–Crippen LogP) is 2.75. The number of aromatic nitrogens is 1. The number of halogens is 1. The van der Waals surface area contributed by atoms with Gasteiger partial charge in [-0.25, -0.2) is 0 Å². The second-order valence-corrected chi connectivity index (χ2v) is 5.38. The first-order valence-electron chi connectivity index (χ1n) is 3.21. The second-order valence-electron chi connectivity index (χ2n) is 2.69. The fourth-order valence-corrected chi connectivity index (χ4v) is 1.03. The summed E-state index contributed by atoms with van der Waals surface area (Å²) in [5.74, 6) is 0. The van der Waals surface area contributed by atoms with E-state index in [0.29, 0.717) is 0 Å². The quantitative estimate of drug-likeness (QED) is 0.549. The highest BCUT2D eigenvalue weighted by Gasteiger charge is 2.15. The summed E-state index contributed by atoms with van der Waals surface area (Å²) in [5.41, 5.74) is 1.13. The number of nitrogens with zero attached hydrogens (tertiary/aromatic N) is 1. The summed E-state index contributed by atoms with van der Waals surface area (Å²) in [7, 11) is 0. The van der Waals surface area contributed by atoms with E-state index in [0.717, 1.165) is 5.69 Å². The molecule has 0 aliphatic rings. The van der Waals surface area contributed by atoms with Gasteiger partial charge in [0.1, 0.15) is 0 Å². The van der Waals surface area contributed by atoms with E-state index in [4.69, 9.17) is 0 Å². The van der Waals surface area contributed by atoms with Crippen molar-refractivity contribution in [3.8, 4) is 0 Å². The molecule has 0 atom stereocenters. The number of pyridine rings is 1. The van der Waals surface area contributed by atoms with E-state index in [1.807, 2.05) is 24.4 Å². The molecule has 0 N–H and O–H groups in total. The summed E-state index contributed by atoms with van der Waals surface area (Å²) >= 11 is 2.38. The molecule has 0 saturated carbocycles. The van der Waals surface area contributed by atoms with E-state index in [-0.39, 0.29) is 3.42 Å². The van der Waals surface area contributed by atoms with Gasteiger partial charge in [-0.2, -0.15) is 0 Å². The van der Waals surface area contributed by atoms with Gasteiger partial charge < -0.3 is 0 Å². The van der Waals surface area contributed by atoms with Gasteiger partial charge in [0.05, 0.1) is 9.12 Å². The average Bonchev–Trinajstić information content (AvgIpc) is 1.88. The SMILES string of the molecule is CC(C)(I)c1ccccn1. The standard InChI is InChI=1S/C8H10IN/c1-8(2,9)7-5-3-4-6-10-7/h3-6H,1-2H3. The molecule has 0 bridgehead atoms.